The zero-order valence-electron chi connectivity index (χ0n) is 11.0. The van der Waals surface area contributed by atoms with Crippen molar-refractivity contribution >= 4 is 28.4 Å². The summed E-state index contributed by atoms with van der Waals surface area (Å²) in [5.74, 6) is 0.947. The second-order valence-electron chi connectivity index (χ2n) is 4.73. The molecule has 1 unspecified atom stereocenters. The van der Waals surface area contributed by atoms with Crippen LogP contribution in [0.3, 0.4) is 0 Å². The third-order valence-corrected chi connectivity index (χ3v) is 4.02. The van der Waals surface area contributed by atoms with Crippen LogP contribution in [-0.4, -0.2) is 12.3 Å². The summed E-state index contributed by atoms with van der Waals surface area (Å²) >= 11 is 2.27. The highest BCUT2D eigenvalue weighted by Crippen LogP contribution is 2.16. The molecule has 3 heteroatoms. The van der Waals surface area contributed by atoms with Gasteiger partial charge in [-0.05, 0) is 65.6 Å². The molecule has 1 aromatic carbocycles. The molecule has 0 radical (unpaired) electrons. The molecule has 1 rings (SSSR count). The van der Waals surface area contributed by atoms with Crippen LogP contribution in [0.4, 0.5) is 0 Å². The van der Waals surface area contributed by atoms with E-state index in [4.69, 9.17) is 5.73 Å². The van der Waals surface area contributed by atoms with Crippen LogP contribution >= 0.6 is 22.6 Å². The van der Waals surface area contributed by atoms with Crippen LogP contribution in [0, 0.1) is 9.49 Å². The van der Waals surface area contributed by atoms with E-state index in [2.05, 4.69) is 29.5 Å². The zero-order chi connectivity index (χ0) is 13.4. The van der Waals surface area contributed by atoms with Gasteiger partial charge in [0, 0.05) is 16.4 Å². The number of rotatable bonds is 8. The summed E-state index contributed by atoms with van der Waals surface area (Å²) in [6.45, 7) is 2.90. The van der Waals surface area contributed by atoms with Gasteiger partial charge in [0.25, 0.3) is 0 Å². The molecule has 100 valence electrons. The van der Waals surface area contributed by atoms with E-state index in [1.54, 1.807) is 0 Å². The number of hydrogen-bond acceptors (Lipinski definition) is 2. The molecule has 0 aliphatic rings. The standard InChI is InChI=1S/C15H22INO/c1-2-12(9-10-17)5-8-15(18)11-13-3-6-14(16)7-4-13/h3-4,6-7,12H,2,5,8-11,17H2,1H3. The number of nitrogens with two attached hydrogens (primary N) is 1. The molecule has 0 heterocycles. The van der Waals surface area contributed by atoms with Gasteiger partial charge in [-0.25, -0.2) is 0 Å². The second kappa shape index (κ2) is 8.64. The lowest BCUT2D eigenvalue weighted by Crippen LogP contribution is -2.11. The molecule has 2 N–H and O–H groups in total. The summed E-state index contributed by atoms with van der Waals surface area (Å²) in [5, 5.41) is 0. The predicted molar refractivity (Wildman–Crippen MR) is 84.6 cm³/mol. The minimum absolute atomic E-state index is 0.340. The first kappa shape index (κ1) is 15.6. The van der Waals surface area contributed by atoms with E-state index in [0.717, 1.165) is 31.4 Å². The molecular formula is C15H22INO. The Kier molecular flexibility index (Phi) is 7.51. The van der Waals surface area contributed by atoms with Gasteiger partial charge in [0.1, 0.15) is 5.78 Å². The van der Waals surface area contributed by atoms with Crippen molar-refractivity contribution in [2.24, 2.45) is 11.7 Å². The van der Waals surface area contributed by atoms with Gasteiger partial charge in [-0.3, -0.25) is 4.79 Å². The average Bonchev–Trinajstić information content (AvgIpc) is 2.37. The first-order valence-electron chi connectivity index (χ1n) is 6.62. The fourth-order valence-electron chi connectivity index (χ4n) is 2.07. The lowest BCUT2D eigenvalue weighted by molar-refractivity contribution is -0.118. The molecule has 0 aromatic heterocycles. The first-order chi connectivity index (χ1) is 8.65. The van der Waals surface area contributed by atoms with Crippen molar-refractivity contribution < 1.29 is 4.79 Å². The van der Waals surface area contributed by atoms with Crippen LogP contribution in [-0.2, 0) is 11.2 Å². The van der Waals surface area contributed by atoms with E-state index in [9.17, 15) is 4.79 Å². The number of halogens is 1. The highest BCUT2D eigenvalue weighted by Gasteiger charge is 2.09. The third kappa shape index (κ3) is 5.96. The van der Waals surface area contributed by atoms with Gasteiger partial charge >= 0.3 is 0 Å². The zero-order valence-corrected chi connectivity index (χ0v) is 13.2. The molecular weight excluding hydrogens is 337 g/mol. The van der Waals surface area contributed by atoms with Crippen LogP contribution in [0.25, 0.3) is 0 Å². The van der Waals surface area contributed by atoms with Gasteiger partial charge < -0.3 is 5.73 Å². The Morgan fingerprint density at radius 3 is 2.50 bits per heavy atom. The summed E-state index contributed by atoms with van der Waals surface area (Å²) < 4.78 is 1.21. The molecule has 18 heavy (non-hydrogen) atoms. The van der Waals surface area contributed by atoms with E-state index >= 15 is 0 Å². The lowest BCUT2D eigenvalue weighted by Gasteiger charge is -2.12. The summed E-state index contributed by atoms with van der Waals surface area (Å²) in [7, 11) is 0. The molecule has 0 amide bonds. The Bertz CT molecular complexity index is 361. The normalized spacial score (nSPS) is 12.4. The van der Waals surface area contributed by atoms with Crippen LogP contribution in [0.15, 0.2) is 24.3 Å². The summed E-state index contributed by atoms with van der Waals surface area (Å²) in [6, 6.07) is 8.17. The van der Waals surface area contributed by atoms with E-state index in [1.165, 1.54) is 3.57 Å². The maximum Gasteiger partial charge on any atom is 0.137 e. The molecule has 0 fully saturated rings. The number of carbonyl (C=O) groups is 1. The summed E-state index contributed by atoms with van der Waals surface area (Å²) in [5.41, 5.74) is 6.68. The SMILES string of the molecule is CCC(CCN)CCC(=O)Cc1ccc(I)cc1. The van der Waals surface area contributed by atoms with Crippen molar-refractivity contribution in [3.05, 3.63) is 33.4 Å². The Labute approximate surface area is 123 Å². The minimum atomic E-state index is 0.340. The fraction of sp³-hybridized carbons (Fsp3) is 0.533. The van der Waals surface area contributed by atoms with Crippen LogP contribution in [0.5, 0.6) is 0 Å². The van der Waals surface area contributed by atoms with E-state index in [-0.39, 0.29) is 0 Å². The average molecular weight is 359 g/mol. The van der Waals surface area contributed by atoms with Gasteiger partial charge in [0.15, 0.2) is 0 Å². The Morgan fingerprint density at radius 2 is 1.94 bits per heavy atom. The molecule has 0 saturated heterocycles. The van der Waals surface area contributed by atoms with Gasteiger partial charge in [0.05, 0.1) is 0 Å². The highest BCUT2D eigenvalue weighted by atomic mass is 127. The smallest absolute Gasteiger partial charge is 0.137 e. The fourth-order valence-corrected chi connectivity index (χ4v) is 2.43. The molecule has 0 aliphatic carbocycles. The molecule has 0 bridgehead atoms. The van der Waals surface area contributed by atoms with Crippen molar-refractivity contribution in [3.8, 4) is 0 Å². The molecule has 1 atom stereocenters. The third-order valence-electron chi connectivity index (χ3n) is 3.30. The second-order valence-corrected chi connectivity index (χ2v) is 5.98. The van der Waals surface area contributed by atoms with E-state index < -0.39 is 0 Å². The molecule has 0 aliphatic heterocycles. The predicted octanol–water partition coefficient (Wildman–Crippen LogP) is 3.56. The van der Waals surface area contributed by atoms with Gasteiger partial charge in [-0.2, -0.15) is 0 Å². The number of Topliss-reactive ketones (excluding diaryl/α,β-unsaturated/α-hetero) is 1. The Morgan fingerprint density at radius 1 is 1.28 bits per heavy atom. The number of carbonyl (C=O) groups excluding carboxylic acids is 1. The number of ketones is 1. The topological polar surface area (TPSA) is 43.1 Å². The maximum atomic E-state index is 11.9. The quantitative estimate of drug-likeness (QED) is 0.722. The van der Waals surface area contributed by atoms with Crippen LogP contribution in [0.1, 0.15) is 38.2 Å². The Hall–Kier alpha value is -0.420. The van der Waals surface area contributed by atoms with Gasteiger partial charge in [0.2, 0.25) is 0 Å². The van der Waals surface area contributed by atoms with E-state index in [1.807, 2.05) is 24.3 Å². The van der Waals surface area contributed by atoms with E-state index in [0.29, 0.717) is 24.5 Å². The van der Waals surface area contributed by atoms with Crippen LogP contribution in [0.2, 0.25) is 0 Å². The first-order valence-corrected chi connectivity index (χ1v) is 7.69. The highest BCUT2D eigenvalue weighted by molar-refractivity contribution is 14.1. The maximum absolute atomic E-state index is 11.9. The molecule has 0 spiro atoms. The summed E-state index contributed by atoms with van der Waals surface area (Å²) in [4.78, 5) is 11.9. The molecule has 0 saturated carbocycles. The monoisotopic (exact) mass is 359 g/mol. The van der Waals surface area contributed by atoms with Crippen molar-refractivity contribution in [2.45, 2.75) is 39.0 Å². The number of hydrogen-bond donors (Lipinski definition) is 1. The largest absolute Gasteiger partial charge is 0.330 e. The van der Waals surface area contributed by atoms with Crippen LogP contribution < -0.4 is 5.73 Å². The Balaban J connectivity index is 2.35. The molecule has 2 nitrogen and oxygen atoms in total. The minimum Gasteiger partial charge on any atom is -0.330 e. The molecule has 1 aromatic rings. The summed E-state index contributed by atoms with van der Waals surface area (Å²) in [6.07, 6.45) is 4.39. The number of benzene rings is 1. The van der Waals surface area contributed by atoms with Gasteiger partial charge in [-0.1, -0.05) is 25.5 Å². The van der Waals surface area contributed by atoms with Crippen molar-refractivity contribution in [2.75, 3.05) is 6.54 Å². The van der Waals surface area contributed by atoms with Crippen molar-refractivity contribution in [1.29, 1.82) is 0 Å². The van der Waals surface area contributed by atoms with Crippen molar-refractivity contribution in [3.63, 3.8) is 0 Å². The van der Waals surface area contributed by atoms with Gasteiger partial charge in [-0.15, -0.1) is 0 Å². The lowest BCUT2D eigenvalue weighted by atomic mass is 9.94. The van der Waals surface area contributed by atoms with Crippen molar-refractivity contribution in [1.82, 2.24) is 0 Å².